The Balaban J connectivity index is 2.33. The summed E-state index contributed by atoms with van der Waals surface area (Å²) >= 11 is 5.80. The average molecular weight is 265 g/mol. The van der Waals surface area contributed by atoms with Crippen LogP contribution in [0.1, 0.15) is 16.7 Å². The van der Waals surface area contributed by atoms with Crippen molar-refractivity contribution < 1.29 is 9.13 Å². The maximum absolute atomic E-state index is 13.0. The van der Waals surface area contributed by atoms with Crippen molar-refractivity contribution in [3.05, 3.63) is 58.9 Å². The number of hydrogen-bond acceptors (Lipinski definition) is 1. The van der Waals surface area contributed by atoms with Gasteiger partial charge in [-0.05, 0) is 54.8 Å². The van der Waals surface area contributed by atoms with E-state index in [1.165, 1.54) is 12.1 Å². The molecule has 3 heteroatoms. The van der Waals surface area contributed by atoms with Gasteiger partial charge in [0.25, 0.3) is 0 Å². The first-order chi connectivity index (χ1) is 8.60. The molecule has 2 rings (SSSR count). The minimum atomic E-state index is -0.258. The Labute approximate surface area is 111 Å². The monoisotopic (exact) mass is 264 g/mol. The summed E-state index contributed by atoms with van der Waals surface area (Å²) in [5.74, 6) is 1.60. The standard InChI is InChI=1S/C15H14ClFO/c1-10-3-4-12(9-16)8-15(10)18-14-6-5-13(17)7-11(14)2/h3-8H,9H2,1-2H3. The van der Waals surface area contributed by atoms with Crippen LogP contribution < -0.4 is 4.74 Å². The molecule has 2 aromatic carbocycles. The summed E-state index contributed by atoms with van der Waals surface area (Å²) in [4.78, 5) is 0. The largest absolute Gasteiger partial charge is 0.457 e. The normalized spacial score (nSPS) is 10.4. The minimum absolute atomic E-state index is 0.258. The maximum Gasteiger partial charge on any atom is 0.130 e. The summed E-state index contributed by atoms with van der Waals surface area (Å²) in [5.41, 5.74) is 2.79. The fourth-order valence-electron chi connectivity index (χ4n) is 1.68. The number of alkyl halides is 1. The number of ether oxygens (including phenoxy) is 1. The third-order valence-electron chi connectivity index (χ3n) is 2.76. The molecule has 0 aliphatic carbocycles. The average Bonchev–Trinajstić information content (AvgIpc) is 2.35. The lowest BCUT2D eigenvalue weighted by molar-refractivity contribution is 0.472. The topological polar surface area (TPSA) is 9.23 Å². The molecular formula is C15H14ClFO. The Morgan fingerprint density at radius 2 is 1.78 bits per heavy atom. The van der Waals surface area contributed by atoms with Gasteiger partial charge >= 0.3 is 0 Å². The summed E-state index contributed by atoms with van der Waals surface area (Å²) in [5, 5.41) is 0. The zero-order valence-corrected chi connectivity index (χ0v) is 11.1. The molecule has 0 radical (unpaired) electrons. The lowest BCUT2D eigenvalue weighted by Crippen LogP contribution is -1.92. The molecule has 0 aliphatic rings. The second kappa shape index (κ2) is 5.40. The van der Waals surface area contributed by atoms with Gasteiger partial charge in [0.05, 0.1) is 0 Å². The summed E-state index contributed by atoms with van der Waals surface area (Å²) in [6, 6.07) is 10.3. The molecule has 0 saturated heterocycles. The molecule has 18 heavy (non-hydrogen) atoms. The van der Waals surface area contributed by atoms with Crippen LogP contribution in [0, 0.1) is 19.7 Å². The quantitative estimate of drug-likeness (QED) is 0.711. The molecule has 0 atom stereocenters. The SMILES string of the molecule is Cc1cc(F)ccc1Oc1cc(CCl)ccc1C. The second-order valence-corrected chi connectivity index (χ2v) is 4.51. The van der Waals surface area contributed by atoms with E-state index in [4.69, 9.17) is 16.3 Å². The van der Waals surface area contributed by atoms with Crippen molar-refractivity contribution in [2.45, 2.75) is 19.7 Å². The molecule has 1 nitrogen and oxygen atoms in total. The van der Waals surface area contributed by atoms with Crippen molar-refractivity contribution in [1.82, 2.24) is 0 Å². The van der Waals surface area contributed by atoms with Crippen LogP contribution in [0.4, 0.5) is 4.39 Å². The van der Waals surface area contributed by atoms with Crippen molar-refractivity contribution in [3.63, 3.8) is 0 Å². The highest BCUT2D eigenvalue weighted by Crippen LogP contribution is 2.29. The van der Waals surface area contributed by atoms with Gasteiger partial charge in [0, 0.05) is 5.88 Å². The molecule has 2 aromatic rings. The molecule has 0 unspecified atom stereocenters. The first-order valence-electron chi connectivity index (χ1n) is 5.69. The van der Waals surface area contributed by atoms with Gasteiger partial charge in [-0.25, -0.2) is 4.39 Å². The van der Waals surface area contributed by atoms with Gasteiger partial charge in [-0.15, -0.1) is 11.6 Å². The number of aryl methyl sites for hydroxylation is 2. The van der Waals surface area contributed by atoms with Crippen LogP contribution in [0.3, 0.4) is 0 Å². The van der Waals surface area contributed by atoms with E-state index in [9.17, 15) is 4.39 Å². The maximum atomic E-state index is 13.0. The van der Waals surface area contributed by atoms with Crippen molar-refractivity contribution >= 4 is 11.6 Å². The van der Waals surface area contributed by atoms with Crippen molar-refractivity contribution in [2.24, 2.45) is 0 Å². The van der Waals surface area contributed by atoms with E-state index in [2.05, 4.69) is 0 Å². The van der Waals surface area contributed by atoms with Crippen molar-refractivity contribution in [2.75, 3.05) is 0 Å². The van der Waals surface area contributed by atoms with Gasteiger partial charge in [-0.2, -0.15) is 0 Å². The number of halogens is 2. The summed E-state index contributed by atoms with van der Waals surface area (Å²) in [7, 11) is 0. The van der Waals surface area contributed by atoms with Gasteiger partial charge in [0.1, 0.15) is 17.3 Å². The Hall–Kier alpha value is -1.54. The van der Waals surface area contributed by atoms with Gasteiger partial charge in [0.15, 0.2) is 0 Å². The first-order valence-corrected chi connectivity index (χ1v) is 6.23. The molecule has 0 aromatic heterocycles. The fraction of sp³-hybridized carbons (Fsp3) is 0.200. The van der Waals surface area contributed by atoms with Crippen LogP contribution in [-0.2, 0) is 5.88 Å². The summed E-state index contributed by atoms with van der Waals surface area (Å²) in [6.45, 7) is 3.78. The van der Waals surface area contributed by atoms with E-state index in [-0.39, 0.29) is 5.82 Å². The van der Waals surface area contributed by atoms with E-state index in [0.717, 1.165) is 22.4 Å². The molecule has 0 bridgehead atoms. The first kappa shape index (κ1) is 12.9. The smallest absolute Gasteiger partial charge is 0.130 e. The Kier molecular flexibility index (Phi) is 3.87. The van der Waals surface area contributed by atoms with Crippen molar-refractivity contribution in [1.29, 1.82) is 0 Å². The van der Waals surface area contributed by atoms with E-state index >= 15 is 0 Å². The zero-order chi connectivity index (χ0) is 13.1. The van der Waals surface area contributed by atoms with Crippen LogP contribution in [-0.4, -0.2) is 0 Å². The molecule has 0 aliphatic heterocycles. The third kappa shape index (κ3) is 2.82. The molecule has 94 valence electrons. The fourth-order valence-corrected chi connectivity index (χ4v) is 1.85. The minimum Gasteiger partial charge on any atom is -0.457 e. The van der Waals surface area contributed by atoms with Crippen LogP contribution in [0.15, 0.2) is 36.4 Å². The van der Waals surface area contributed by atoms with Gasteiger partial charge in [-0.1, -0.05) is 12.1 Å². The summed E-state index contributed by atoms with van der Waals surface area (Å²) < 4.78 is 18.8. The predicted molar refractivity (Wildman–Crippen MR) is 71.9 cm³/mol. The van der Waals surface area contributed by atoms with Gasteiger partial charge in [-0.3, -0.25) is 0 Å². The van der Waals surface area contributed by atoms with Crippen LogP contribution in [0.25, 0.3) is 0 Å². The van der Waals surface area contributed by atoms with E-state index in [1.54, 1.807) is 6.07 Å². The number of rotatable bonds is 3. The van der Waals surface area contributed by atoms with Crippen LogP contribution >= 0.6 is 11.6 Å². The third-order valence-corrected chi connectivity index (χ3v) is 3.07. The van der Waals surface area contributed by atoms with E-state index < -0.39 is 0 Å². The molecular weight excluding hydrogens is 251 g/mol. The van der Waals surface area contributed by atoms with Gasteiger partial charge < -0.3 is 4.74 Å². The highest BCUT2D eigenvalue weighted by atomic mass is 35.5. The molecule has 0 spiro atoms. The predicted octanol–water partition coefficient (Wildman–Crippen LogP) is 4.97. The molecule has 0 heterocycles. The van der Waals surface area contributed by atoms with E-state index in [0.29, 0.717) is 11.6 Å². The molecule has 0 saturated carbocycles. The highest BCUT2D eigenvalue weighted by Gasteiger charge is 2.06. The molecule has 0 N–H and O–H groups in total. The summed E-state index contributed by atoms with van der Waals surface area (Å²) in [6.07, 6.45) is 0. The second-order valence-electron chi connectivity index (χ2n) is 4.25. The van der Waals surface area contributed by atoms with E-state index in [1.807, 2.05) is 32.0 Å². The Morgan fingerprint density at radius 3 is 2.44 bits per heavy atom. The van der Waals surface area contributed by atoms with Crippen LogP contribution in [0.5, 0.6) is 11.5 Å². The van der Waals surface area contributed by atoms with Crippen LogP contribution in [0.2, 0.25) is 0 Å². The Bertz CT molecular complexity index is 566. The molecule has 0 fully saturated rings. The lowest BCUT2D eigenvalue weighted by atomic mass is 10.1. The lowest BCUT2D eigenvalue weighted by Gasteiger charge is -2.12. The molecule has 0 amide bonds. The van der Waals surface area contributed by atoms with Crippen molar-refractivity contribution in [3.8, 4) is 11.5 Å². The Morgan fingerprint density at radius 1 is 1.00 bits per heavy atom. The highest BCUT2D eigenvalue weighted by molar-refractivity contribution is 6.17. The zero-order valence-electron chi connectivity index (χ0n) is 10.3. The number of benzene rings is 2. The number of hydrogen-bond donors (Lipinski definition) is 0. The van der Waals surface area contributed by atoms with Gasteiger partial charge in [0.2, 0.25) is 0 Å².